The molecule has 0 spiro atoms. The predicted molar refractivity (Wildman–Crippen MR) is 77.8 cm³/mol. The van der Waals surface area contributed by atoms with Gasteiger partial charge in [-0.3, -0.25) is 14.7 Å². The average Bonchev–Trinajstić information content (AvgIpc) is 2.49. The summed E-state index contributed by atoms with van der Waals surface area (Å²) < 4.78 is 26.3. The number of amides is 1. The minimum absolute atomic E-state index is 0.195. The third-order valence-electron chi connectivity index (χ3n) is 3.70. The van der Waals surface area contributed by atoms with Gasteiger partial charge < -0.3 is 5.73 Å². The number of nitrogens with zero attached hydrogens (tertiary/aromatic N) is 3. The minimum Gasteiger partial charge on any atom is -0.368 e. The van der Waals surface area contributed by atoms with E-state index in [1.54, 1.807) is 6.07 Å². The Morgan fingerprint density at radius 1 is 1.38 bits per heavy atom. The summed E-state index contributed by atoms with van der Waals surface area (Å²) in [5.41, 5.74) is 5.37. The molecular weight excluding hydrogens is 292 g/mol. The molecule has 1 aliphatic heterocycles. The molecule has 0 bridgehead atoms. The quantitative estimate of drug-likeness (QED) is 0.802. The number of piperazine rings is 1. The molecule has 7 nitrogen and oxygen atoms in total. The van der Waals surface area contributed by atoms with Gasteiger partial charge in [0, 0.05) is 38.6 Å². The van der Waals surface area contributed by atoms with Gasteiger partial charge >= 0.3 is 0 Å². The monoisotopic (exact) mass is 312 g/mol. The van der Waals surface area contributed by atoms with Gasteiger partial charge in [-0.25, -0.2) is 8.42 Å². The van der Waals surface area contributed by atoms with Crippen molar-refractivity contribution in [2.24, 2.45) is 5.73 Å². The fourth-order valence-electron chi connectivity index (χ4n) is 2.54. The average molecular weight is 312 g/mol. The standard InChI is InChI=1S/C13H20N4O3S/c1-2-12(13(14)18)16-6-8-17(9-7-16)21(19,20)11-4-3-5-15-10-11/h3-5,10,12H,2,6-9H2,1H3,(H2,14,18)/t12-/m1/s1. The number of sulfonamides is 1. The summed E-state index contributed by atoms with van der Waals surface area (Å²) in [7, 11) is -3.51. The fourth-order valence-corrected chi connectivity index (χ4v) is 3.93. The van der Waals surface area contributed by atoms with Gasteiger partial charge in [-0.05, 0) is 18.6 Å². The lowest BCUT2D eigenvalue weighted by Gasteiger charge is -2.37. The molecule has 8 heteroatoms. The maximum Gasteiger partial charge on any atom is 0.244 e. The van der Waals surface area contributed by atoms with Crippen LogP contribution in [0.15, 0.2) is 29.4 Å². The molecule has 2 N–H and O–H groups in total. The first-order valence-corrected chi connectivity index (χ1v) is 8.34. The second kappa shape index (κ2) is 6.50. The zero-order chi connectivity index (χ0) is 15.5. The molecule has 2 rings (SSSR count). The van der Waals surface area contributed by atoms with Crippen molar-refractivity contribution in [3.63, 3.8) is 0 Å². The fraction of sp³-hybridized carbons (Fsp3) is 0.538. The van der Waals surface area contributed by atoms with E-state index >= 15 is 0 Å². The van der Waals surface area contributed by atoms with E-state index in [9.17, 15) is 13.2 Å². The van der Waals surface area contributed by atoms with Gasteiger partial charge in [0.15, 0.2) is 0 Å². The van der Waals surface area contributed by atoms with Crippen molar-refractivity contribution < 1.29 is 13.2 Å². The van der Waals surface area contributed by atoms with Crippen LogP contribution in [0.4, 0.5) is 0 Å². The highest BCUT2D eigenvalue weighted by Crippen LogP contribution is 2.17. The van der Waals surface area contributed by atoms with Gasteiger partial charge in [0.1, 0.15) is 4.90 Å². The van der Waals surface area contributed by atoms with Crippen molar-refractivity contribution in [1.29, 1.82) is 0 Å². The number of carbonyl (C=O) groups excluding carboxylic acids is 1. The Morgan fingerprint density at radius 2 is 2.05 bits per heavy atom. The van der Waals surface area contributed by atoms with E-state index in [1.165, 1.54) is 22.8 Å². The second-order valence-corrected chi connectivity index (χ2v) is 6.89. The lowest BCUT2D eigenvalue weighted by Crippen LogP contribution is -2.54. The summed E-state index contributed by atoms with van der Waals surface area (Å²) in [6.07, 6.45) is 3.51. The zero-order valence-corrected chi connectivity index (χ0v) is 12.8. The van der Waals surface area contributed by atoms with Crippen LogP contribution in [-0.2, 0) is 14.8 Å². The molecule has 1 atom stereocenters. The van der Waals surface area contributed by atoms with Crippen LogP contribution >= 0.6 is 0 Å². The normalized spacial score (nSPS) is 19.3. The van der Waals surface area contributed by atoms with Gasteiger partial charge in [-0.15, -0.1) is 0 Å². The highest BCUT2D eigenvalue weighted by Gasteiger charge is 2.32. The number of aromatic nitrogens is 1. The van der Waals surface area contributed by atoms with Crippen molar-refractivity contribution in [3.05, 3.63) is 24.5 Å². The van der Waals surface area contributed by atoms with E-state index in [0.717, 1.165) is 0 Å². The van der Waals surface area contributed by atoms with Crippen LogP contribution in [0.25, 0.3) is 0 Å². The Bertz CT molecular complexity index is 583. The lowest BCUT2D eigenvalue weighted by molar-refractivity contribution is -0.123. The number of rotatable bonds is 5. The van der Waals surface area contributed by atoms with Crippen LogP contribution in [0, 0.1) is 0 Å². The lowest BCUT2D eigenvalue weighted by atomic mass is 10.1. The number of primary amides is 1. The predicted octanol–water partition coefficient (Wildman–Crippen LogP) is -0.348. The molecule has 0 saturated carbocycles. The summed E-state index contributed by atoms with van der Waals surface area (Å²) in [4.78, 5) is 17.4. The molecule has 1 amide bonds. The van der Waals surface area contributed by atoms with Gasteiger partial charge in [0.05, 0.1) is 6.04 Å². The topological polar surface area (TPSA) is 96.6 Å². The van der Waals surface area contributed by atoms with E-state index in [1.807, 2.05) is 11.8 Å². The number of nitrogens with two attached hydrogens (primary N) is 1. The van der Waals surface area contributed by atoms with E-state index in [4.69, 9.17) is 5.73 Å². The Kier molecular flexibility index (Phi) is 4.92. The van der Waals surface area contributed by atoms with Crippen LogP contribution < -0.4 is 5.73 Å². The van der Waals surface area contributed by atoms with Gasteiger partial charge in [0.25, 0.3) is 0 Å². The molecule has 0 aliphatic carbocycles. The summed E-state index contributed by atoms with van der Waals surface area (Å²) in [5, 5.41) is 0. The first-order chi connectivity index (χ1) is 9.96. The third-order valence-corrected chi connectivity index (χ3v) is 5.58. The Balaban J connectivity index is 2.06. The first-order valence-electron chi connectivity index (χ1n) is 6.90. The molecule has 0 aromatic carbocycles. The smallest absolute Gasteiger partial charge is 0.244 e. The summed E-state index contributed by atoms with van der Waals surface area (Å²) in [5.74, 6) is -0.360. The highest BCUT2D eigenvalue weighted by atomic mass is 32.2. The second-order valence-electron chi connectivity index (χ2n) is 4.96. The number of carbonyl (C=O) groups is 1. The molecule has 0 radical (unpaired) electrons. The minimum atomic E-state index is -3.51. The Labute approximate surface area is 124 Å². The Morgan fingerprint density at radius 3 is 2.52 bits per heavy atom. The zero-order valence-electron chi connectivity index (χ0n) is 12.0. The summed E-state index contributed by atoms with van der Waals surface area (Å²) in [6, 6.07) is 2.81. The van der Waals surface area contributed by atoms with E-state index in [2.05, 4.69) is 4.98 Å². The Hall–Kier alpha value is -1.51. The molecule has 1 fully saturated rings. The maximum atomic E-state index is 12.4. The molecule has 1 saturated heterocycles. The molecule has 1 aromatic rings. The molecule has 21 heavy (non-hydrogen) atoms. The van der Waals surface area contributed by atoms with Gasteiger partial charge in [0.2, 0.25) is 15.9 Å². The van der Waals surface area contributed by atoms with E-state index < -0.39 is 10.0 Å². The molecule has 0 unspecified atom stereocenters. The van der Waals surface area contributed by atoms with E-state index in [0.29, 0.717) is 32.6 Å². The molecule has 116 valence electrons. The van der Waals surface area contributed by atoms with Crippen LogP contribution in [-0.4, -0.2) is 60.7 Å². The molecule has 1 aliphatic rings. The van der Waals surface area contributed by atoms with Gasteiger partial charge in [-0.2, -0.15) is 4.31 Å². The van der Waals surface area contributed by atoms with Crippen LogP contribution in [0.5, 0.6) is 0 Å². The van der Waals surface area contributed by atoms with Gasteiger partial charge in [-0.1, -0.05) is 6.92 Å². The summed E-state index contributed by atoms with van der Waals surface area (Å²) in [6.45, 7) is 3.60. The van der Waals surface area contributed by atoms with Crippen molar-refractivity contribution in [2.45, 2.75) is 24.3 Å². The molecule has 1 aromatic heterocycles. The van der Waals surface area contributed by atoms with Crippen molar-refractivity contribution in [1.82, 2.24) is 14.2 Å². The number of hydrogen-bond donors (Lipinski definition) is 1. The third kappa shape index (κ3) is 3.39. The number of pyridine rings is 1. The van der Waals surface area contributed by atoms with Crippen LogP contribution in [0.3, 0.4) is 0 Å². The summed E-state index contributed by atoms with van der Waals surface area (Å²) >= 11 is 0. The van der Waals surface area contributed by atoms with Crippen molar-refractivity contribution in [3.8, 4) is 0 Å². The van der Waals surface area contributed by atoms with Crippen LogP contribution in [0.2, 0.25) is 0 Å². The molecule has 2 heterocycles. The largest absolute Gasteiger partial charge is 0.368 e. The van der Waals surface area contributed by atoms with E-state index in [-0.39, 0.29) is 16.8 Å². The SMILES string of the molecule is CC[C@H](C(N)=O)N1CCN(S(=O)(=O)c2cccnc2)CC1. The molecular formula is C13H20N4O3S. The van der Waals surface area contributed by atoms with Crippen molar-refractivity contribution >= 4 is 15.9 Å². The highest BCUT2D eigenvalue weighted by molar-refractivity contribution is 7.89. The number of hydrogen-bond acceptors (Lipinski definition) is 5. The first kappa shape index (κ1) is 15.9. The van der Waals surface area contributed by atoms with Crippen molar-refractivity contribution in [2.75, 3.05) is 26.2 Å². The van der Waals surface area contributed by atoms with Crippen LogP contribution in [0.1, 0.15) is 13.3 Å². The maximum absolute atomic E-state index is 12.4.